The fourth-order valence-electron chi connectivity index (χ4n) is 0.869. The maximum Gasteiger partial charge on any atom is 0.317 e. The van der Waals surface area contributed by atoms with Crippen molar-refractivity contribution in [1.82, 2.24) is 10.2 Å². The third-order valence-electron chi connectivity index (χ3n) is 1.31. The van der Waals surface area contributed by atoms with Crippen LogP contribution in [0.2, 0.25) is 0 Å². The summed E-state index contributed by atoms with van der Waals surface area (Å²) in [4.78, 5) is 12.4. The molecular formula is C6H9ClN2O. The monoisotopic (exact) mass is 160 g/mol. The van der Waals surface area contributed by atoms with Gasteiger partial charge >= 0.3 is 6.03 Å². The third-order valence-corrected chi connectivity index (χ3v) is 1.43. The van der Waals surface area contributed by atoms with Gasteiger partial charge in [-0.15, -0.1) is 0 Å². The van der Waals surface area contributed by atoms with E-state index in [9.17, 15) is 4.79 Å². The third kappa shape index (κ3) is 1.64. The van der Waals surface area contributed by atoms with Crippen molar-refractivity contribution in [2.24, 2.45) is 0 Å². The van der Waals surface area contributed by atoms with Gasteiger partial charge in [-0.05, 0) is 0 Å². The molecule has 1 aliphatic heterocycles. The number of carbonyl (C=O) groups excluding carboxylic acids is 1. The topological polar surface area (TPSA) is 32.3 Å². The van der Waals surface area contributed by atoms with Crippen molar-refractivity contribution in [2.45, 2.75) is 0 Å². The van der Waals surface area contributed by atoms with Crippen LogP contribution in [0.15, 0.2) is 11.6 Å². The van der Waals surface area contributed by atoms with E-state index in [1.54, 1.807) is 4.90 Å². The number of hydrogen-bond acceptors (Lipinski definition) is 1. The van der Waals surface area contributed by atoms with E-state index < -0.39 is 0 Å². The van der Waals surface area contributed by atoms with Gasteiger partial charge in [0, 0.05) is 18.1 Å². The number of hydrogen-bond donors (Lipinski definition) is 1. The van der Waals surface area contributed by atoms with Crippen LogP contribution in [0.5, 0.6) is 0 Å². The molecule has 1 aliphatic rings. The van der Waals surface area contributed by atoms with Gasteiger partial charge in [0.05, 0.1) is 6.54 Å². The first-order valence-electron chi connectivity index (χ1n) is 3.06. The van der Waals surface area contributed by atoms with Gasteiger partial charge in [0.15, 0.2) is 0 Å². The first-order valence-corrected chi connectivity index (χ1v) is 3.44. The molecule has 0 aromatic rings. The van der Waals surface area contributed by atoms with Gasteiger partial charge in [-0.25, -0.2) is 4.79 Å². The van der Waals surface area contributed by atoms with Crippen molar-refractivity contribution >= 4 is 17.6 Å². The lowest BCUT2D eigenvalue weighted by atomic mass is 10.5. The second-order valence-electron chi connectivity index (χ2n) is 2.17. The lowest BCUT2D eigenvalue weighted by Gasteiger charge is -2.11. The lowest BCUT2D eigenvalue weighted by molar-refractivity contribution is 0.221. The summed E-state index contributed by atoms with van der Waals surface area (Å²) in [6.45, 7) is 5.39. The van der Waals surface area contributed by atoms with E-state index in [2.05, 4.69) is 11.9 Å². The quantitative estimate of drug-likeness (QED) is 0.636. The molecule has 4 heteroatoms. The second kappa shape index (κ2) is 2.92. The highest BCUT2D eigenvalue weighted by Gasteiger charge is 2.18. The van der Waals surface area contributed by atoms with Crippen LogP contribution in [-0.4, -0.2) is 30.6 Å². The minimum Gasteiger partial charge on any atom is -0.336 e. The number of halogens is 1. The summed E-state index contributed by atoms with van der Waals surface area (Å²) in [6, 6.07) is -0.0539. The van der Waals surface area contributed by atoms with Gasteiger partial charge in [0.25, 0.3) is 0 Å². The molecule has 1 saturated heterocycles. The van der Waals surface area contributed by atoms with Crippen molar-refractivity contribution in [3.63, 3.8) is 0 Å². The van der Waals surface area contributed by atoms with Crippen molar-refractivity contribution < 1.29 is 4.79 Å². The van der Waals surface area contributed by atoms with Gasteiger partial charge in [0.1, 0.15) is 0 Å². The van der Waals surface area contributed by atoms with E-state index in [4.69, 9.17) is 11.6 Å². The molecule has 0 unspecified atom stereocenters. The zero-order chi connectivity index (χ0) is 7.56. The molecule has 0 spiro atoms. The molecule has 2 amide bonds. The summed E-state index contributed by atoms with van der Waals surface area (Å²) in [5, 5.41) is 3.16. The number of amides is 2. The summed E-state index contributed by atoms with van der Waals surface area (Å²) in [5.41, 5.74) is 0. The predicted octanol–water partition coefficient (Wildman–Crippen LogP) is 0.764. The molecule has 0 aromatic carbocycles. The molecule has 56 valence electrons. The minimum atomic E-state index is -0.0539. The van der Waals surface area contributed by atoms with E-state index in [0.717, 1.165) is 6.54 Å². The summed E-state index contributed by atoms with van der Waals surface area (Å²) >= 11 is 5.51. The van der Waals surface area contributed by atoms with E-state index >= 15 is 0 Å². The second-order valence-corrected chi connectivity index (χ2v) is 2.71. The number of rotatable bonds is 2. The Morgan fingerprint density at radius 2 is 2.60 bits per heavy atom. The molecule has 1 rings (SSSR count). The molecule has 1 fully saturated rings. The van der Waals surface area contributed by atoms with Gasteiger partial charge < -0.3 is 10.2 Å². The fourth-order valence-corrected chi connectivity index (χ4v) is 1.01. The summed E-state index contributed by atoms with van der Waals surface area (Å²) in [5.74, 6) is 0. The van der Waals surface area contributed by atoms with Crippen LogP contribution in [0.25, 0.3) is 0 Å². The van der Waals surface area contributed by atoms with E-state index in [1.807, 2.05) is 0 Å². The average molecular weight is 161 g/mol. The number of urea groups is 1. The molecule has 0 radical (unpaired) electrons. The number of nitrogens with one attached hydrogen (secondary N) is 1. The lowest BCUT2D eigenvalue weighted by Crippen LogP contribution is -2.28. The molecular weight excluding hydrogens is 152 g/mol. The Morgan fingerprint density at radius 3 is 3.00 bits per heavy atom. The van der Waals surface area contributed by atoms with Crippen molar-refractivity contribution in [2.75, 3.05) is 19.6 Å². The predicted molar refractivity (Wildman–Crippen MR) is 40.0 cm³/mol. The Balaban J connectivity index is 2.40. The molecule has 0 saturated carbocycles. The zero-order valence-corrected chi connectivity index (χ0v) is 6.32. The highest BCUT2D eigenvalue weighted by Crippen LogP contribution is 2.03. The van der Waals surface area contributed by atoms with Crippen molar-refractivity contribution in [3.8, 4) is 0 Å². The van der Waals surface area contributed by atoms with E-state index in [-0.39, 0.29) is 6.03 Å². The zero-order valence-electron chi connectivity index (χ0n) is 5.56. The Labute approximate surface area is 64.6 Å². The molecule has 1 N–H and O–H groups in total. The highest BCUT2D eigenvalue weighted by molar-refractivity contribution is 6.29. The van der Waals surface area contributed by atoms with Crippen LogP contribution < -0.4 is 5.32 Å². The van der Waals surface area contributed by atoms with Gasteiger partial charge in [0.2, 0.25) is 0 Å². The average Bonchev–Trinajstić information content (AvgIpc) is 2.15. The Bertz CT molecular complexity index is 169. The Hall–Kier alpha value is -0.700. The van der Waals surface area contributed by atoms with Crippen LogP contribution >= 0.6 is 11.6 Å². The van der Waals surface area contributed by atoms with Gasteiger partial charge in [-0.1, -0.05) is 18.2 Å². The minimum absolute atomic E-state index is 0.0539. The van der Waals surface area contributed by atoms with E-state index in [0.29, 0.717) is 18.1 Å². The van der Waals surface area contributed by atoms with Crippen LogP contribution in [0, 0.1) is 0 Å². The molecule has 0 aromatic heterocycles. The maximum atomic E-state index is 10.8. The molecule has 1 heterocycles. The first kappa shape index (κ1) is 7.41. The van der Waals surface area contributed by atoms with Gasteiger partial charge in [-0.3, -0.25) is 0 Å². The summed E-state index contributed by atoms with van der Waals surface area (Å²) in [7, 11) is 0. The van der Waals surface area contributed by atoms with Crippen molar-refractivity contribution in [1.29, 1.82) is 0 Å². The summed E-state index contributed by atoms with van der Waals surface area (Å²) in [6.07, 6.45) is 0. The maximum absolute atomic E-state index is 10.8. The molecule has 0 atom stereocenters. The Kier molecular flexibility index (Phi) is 2.17. The normalized spacial score (nSPS) is 17.3. The number of carbonyl (C=O) groups is 1. The molecule has 0 bridgehead atoms. The largest absolute Gasteiger partial charge is 0.336 e. The number of nitrogens with zero attached hydrogens (tertiary/aromatic N) is 1. The molecule has 10 heavy (non-hydrogen) atoms. The van der Waals surface area contributed by atoms with Crippen molar-refractivity contribution in [3.05, 3.63) is 11.6 Å². The highest BCUT2D eigenvalue weighted by atomic mass is 35.5. The van der Waals surface area contributed by atoms with Gasteiger partial charge in [-0.2, -0.15) is 0 Å². The van der Waals surface area contributed by atoms with Crippen LogP contribution in [-0.2, 0) is 0 Å². The molecule has 3 nitrogen and oxygen atoms in total. The molecule has 0 aliphatic carbocycles. The summed E-state index contributed by atoms with van der Waals surface area (Å²) < 4.78 is 0. The van der Waals surface area contributed by atoms with Crippen LogP contribution in [0.4, 0.5) is 4.79 Å². The smallest absolute Gasteiger partial charge is 0.317 e. The van der Waals surface area contributed by atoms with Crippen LogP contribution in [0.3, 0.4) is 0 Å². The SMILES string of the molecule is C=C(Cl)CN1CCNC1=O. The first-order chi connectivity index (χ1) is 4.70. The Morgan fingerprint density at radius 1 is 1.90 bits per heavy atom. The van der Waals surface area contributed by atoms with E-state index in [1.165, 1.54) is 0 Å². The van der Waals surface area contributed by atoms with Crippen LogP contribution in [0.1, 0.15) is 0 Å². The fraction of sp³-hybridized carbons (Fsp3) is 0.500. The standard InChI is InChI=1S/C6H9ClN2O/c1-5(7)4-9-3-2-8-6(9)10/h1-4H2,(H,8,10).